The molecule has 0 amide bonds. The Hall–Kier alpha value is -1.59. The third-order valence-corrected chi connectivity index (χ3v) is 3.02. The van der Waals surface area contributed by atoms with Gasteiger partial charge in [0.15, 0.2) is 5.78 Å². The molecule has 6 heteroatoms. The van der Waals surface area contributed by atoms with E-state index in [9.17, 15) is 4.79 Å². The lowest BCUT2D eigenvalue weighted by Gasteiger charge is -2.10. The Morgan fingerprint density at radius 2 is 2.10 bits per heavy atom. The highest BCUT2D eigenvalue weighted by Gasteiger charge is 2.13. The van der Waals surface area contributed by atoms with Crippen LogP contribution in [0.5, 0.6) is 0 Å². The molecule has 116 valence electrons. The Labute approximate surface area is 130 Å². The standard InChI is InChI=1S/C15H21N3O2.ClH/c1-11(2)9-12(20)10-18-14-6-4-3-5-13(14)17-15(18)16-7-8-19;/h3-6,11,19H,7-10H2,1-2H3,(H,16,17);1H. The van der Waals surface area contributed by atoms with Crippen LogP contribution in [-0.4, -0.2) is 33.6 Å². The molecular weight excluding hydrogens is 290 g/mol. The molecule has 0 unspecified atom stereocenters. The molecule has 2 rings (SSSR count). The molecule has 0 atom stereocenters. The van der Waals surface area contributed by atoms with Crippen LogP contribution in [0.1, 0.15) is 20.3 Å². The first-order valence-corrected chi connectivity index (χ1v) is 6.93. The van der Waals surface area contributed by atoms with E-state index in [-0.39, 0.29) is 24.8 Å². The van der Waals surface area contributed by atoms with Crippen molar-refractivity contribution in [2.24, 2.45) is 5.92 Å². The van der Waals surface area contributed by atoms with Crippen LogP contribution in [0, 0.1) is 5.92 Å². The van der Waals surface area contributed by atoms with Crippen molar-refractivity contribution in [3.05, 3.63) is 24.3 Å². The predicted octanol–water partition coefficient (Wildman–Crippen LogP) is 2.48. The summed E-state index contributed by atoms with van der Waals surface area (Å²) in [5, 5.41) is 12.0. The Morgan fingerprint density at radius 1 is 1.38 bits per heavy atom. The summed E-state index contributed by atoms with van der Waals surface area (Å²) >= 11 is 0. The molecule has 2 N–H and O–H groups in total. The van der Waals surface area contributed by atoms with Gasteiger partial charge < -0.3 is 15.0 Å². The SMILES string of the molecule is CC(C)CC(=O)Cn1c(NCCO)nc2ccccc21.Cl. The third-order valence-electron chi connectivity index (χ3n) is 3.02. The maximum Gasteiger partial charge on any atom is 0.204 e. The first-order valence-electron chi connectivity index (χ1n) is 6.93. The number of aliphatic hydroxyl groups is 1. The monoisotopic (exact) mass is 311 g/mol. The van der Waals surface area contributed by atoms with E-state index in [1.165, 1.54) is 0 Å². The van der Waals surface area contributed by atoms with Crippen LogP contribution in [0.4, 0.5) is 5.95 Å². The van der Waals surface area contributed by atoms with Crippen LogP contribution in [0.15, 0.2) is 24.3 Å². The Morgan fingerprint density at radius 3 is 2.76 bits per heavy atom. The van der Waals surface area contributed by atoms with E-state index >= 15 is 0 Å². The topological polar surface area (TPSA) is 67.2 Å². The normalized spacial score (nSPS) is 10.7. The van der Waals surface area contributed by atoms with E-state index in [4.69, 9.17) is 5.11 Å². The van der Waals surface area contributed by atoms with Crippen LogP contribution in [0.2, 0.25) is 0 Å². The van der Waals surface area contributed by atoms with Crippen molar-refractivity contribution in [1.29, 1.82) is 0 Å². The molecule has 0 aliphatic heterocycles. The van der Waals surface area contributed by atoms with Gasteiger partial charge in [-0.1, -0.05) is 26.0 Å². The summed E-state index contributed by atoms with van der Waals surface area (Å²) in [5.74, 6) is 1.18. The maximum atomic E-state index is 12.1. The van der Waals surface area contributed by atoms with Gasteiger partial charge in [-0.3, -0.25) is 4.79 Å². The summed E-state index contributed by atoms with van der Waals surface area (Å²) in [6.45, 7) is 4.83. The molecule has 0 bridgehead atoms. The van der Waals surface area contributed by atoms with Gasteiger partial charge in [0.25, 0.3) is 0 Å². The fourth-order valence-corrected chi connectivity index (χ4v) is 2.23. The molecule has 21 heavy (non-hydrogen) atoms. The highest BCUT2D eigenvalue weighted by Crippen LogP contribution is 2.20. The van der Waals surface area contributed by atoms with Crippen LogP contribution in [-0.2, 0) is 11.3 Å². The summed E-state index contributed by atoms with van der Waals surface area (Å²) in [6.07, 6.45) is 0.561. The van der Waals surface area contributed by atoms with Crippen LogP contribution >= 0.6 is 12.4 Å². The summed E-state index contributed by atoms with van der Waals surface area (Å²) in [5.41, 5.74) is 1.79. The van der Waals surface area contributed by atoms with Crippen molar-refractivity contribution in [1.82, 2.24) is 9.55 Å². The van der Waals surface area contributed by atoms with Crippen molar-refractivity contribution in [3.8, 4) is 0 Å². The number of carbonyl (C=O) groups is 1. The lowest BCUT2D eigenvalue weighted by molar-refractivity contribution is -0.120. The van der Waals surface area contributed by atoms with E-state index in [0.717, 1.165) is 11.0 Å². The van der Waals surface area contributed by atoms with E-state index in [2.05, 4.69) is 10.3 Å². The first kappa shape index (κ1) is 17.5. The van der Waals surface area contributed by atoms with Crippen LogP contribution in [0.3, 0.4) is 0 Å². The number of hydrogen-bond acceptors (Lipinski definition) is 4. The van der Waals surface area contributed by atoms with E-state index in [1.807, 2.05) is 42.7 Å². The van der Waals surface area contributed by atoms with E-state index < -0.39 is 0 Å². The molecule has 0 aliphatic rings. The Balaban J connectivity index is 0.00000220. The smallest absolute Gasteiger partial charge is 0.204 e. The maximum absolute atomic E-state index is 12.1. The molecule has 0 saturated carbocycles. The zero-order valence-corrected chi connectivity index (χ0v) is 13.2. The van der Waals surface area contributed by atoms with Crippen molar-refractivity contribution in [2.45, 2.75) is 26.8 Å². The van der Waals surface area contributed by atoms with Gasteiger partial charge in [-0.25, -0.2) is 4.98 Å². The number of aliphatic hydroxyl groups excluding tert-OH is 1. The summed E-state index contributed by atoms with van der Waals surface area (Å²) in [4.78, 5) is 16.5. The number of anilines is 1. The molecule has 0 radical (unpaired) electrons. The number of nitrogens with one attached hydrogen (secondary N) is 1. The second-order valence-corrected chi connectivity index (χ2v) is 5.30. The summed E-state index contributed by atoms with van der Waals surface area (Å²) in [6, 6.07) is 7.73. The van der Waals surface area contributed by atoms with Gasteiger partial charge in [-0.2, -0.15) is 0 Å². The summed E-state index contributed by atoms with van der Waals surface area (Å²) in [7, 11) is 0. The number of halogens is 1. The zero-order valence-electron chi connectivity index (χ0n) is 12.4. The van der Waals surface area contributed by atoms with Crippen molar-refractivity contribution in [2.75, 3.05) is 18.5 Å². The summed E-state index contributed by atoms with van der Waals surface area (Å²) < 4.78 is 1.88. The highest BCUT2D eigenvalue weighted by molar-refractivity contribution is 5.85. The number of fused-ring (bicyclic) bond motifs is 1. The number of Topliss-reactive ketones (excluding diaryl/α,β-unsaturated/α-hetero) is 1. The average Bonchev–Trinajstić information content (AvgIpc) is 2.74. The molecular formula is C15H22ClN3O2. The Bertz CT molecular complexity index is 596. The fraction of sp³-hybridized carbons (Fsp3) is 0.467. The number of nitrogens with zero attached hydrogens (tertiary/aromatic N) is 2. The Kier molecular flexibility index (Phi) is 6.65. The minimum Gasteiger partial charge on any atom is -0.395 e. The number of ketones is 1. The zero-order chi connectivity index (χ0) is 14.5. The molecule has 1 aromatic heterocycles. The van der Waals surface area contributed by atoms with E-state index in [1.54, 1.807) is 0 Å². The second-order valence-electron chi connectivity index (χ2n) is 5.30. The van der Waals surface area contributed by atoms with Crippen LogP contribution in [0.25, 0.3) is 11.0 Å². The number of rotatable bonds is 7. The van der Waals surface area contributed by atoms with Gasteiger partial charge in [-0.15, -0.1) is 12.4 Å². The van der Waals surface area contributed by atoms with Crippen molar-refractivity contribution >= 4 is 35.2 Å². The highest BCUT2D eigenvalue weighted by atomic mass is 35.5. The lowest BCUT2D eigenvalue weighted by atomic mass is 10.1. The van der Waals surface area contributed by atoms with Crippen LogP contribution < -0.4 is 5.32 Å². The largest absolute Gasteiger partial charge is 0.395 e. The second kappa shape index (κ2) is 8.00. The molecule has 2 aromatic rings. The quantitative estimate of drug-likeness (QED) is 0.824. The lowest BCUT2D eigenvalue weighted by Crippen LogP contribution is -2.16. The number of aromatic nitrogens is 2. The van der Waals surface area contributed by atoms with Gasteiger partial charge in [0.2, 0.25) is 5.95 Å². The first-order chi connectivity index (χ1) is 9.61. The number of benzene rings is 1. The molecule has 0 fully saturated rings. The molecule has 5 nitrogen and oxygen atoms in total. The van der Waals surface area contributed by atoms with Crippen molar-refractivity contribution in [3.63, 3.8) is 0 Å². The average molecular weight is 312 g/mol. The fourth-order valence-electron chi connectivity index (χ4n) is 2.23. The van der Waals surface area contributed by atoms with E-state index in [0.29, 0.717) is 31.4 Å². The third kappa shape index (κ3) is 4.44. The number of para-hydroxylation sites is 2. The van der Waals surface area contributed by atoms with Crippen molar-refractivity contribution < 1.29 is 9.90 Å². The van der Waals surface area contributed by atoms with Gasteiger partial charge in [0, 0.05) is 13.0 Å². The molecule has 1 aromatic carbocycles. The predicted molar refractivity (Wildman–Crippen MR) is 87.0 cm³/mol. The molecule has 0 spiro atoms. The van der Waals surface area contributed by atoms with Gasteiger partial charge >= 0.3 is 0 Å². The molecule has 0 aliphatic carbocycles. The minimum atomic E-state index is 0. The number of carbonyl (C=O) groups excluding carboxylic acids is 1. The number of hydrogen-bond donors (Lipinski definition) is 2. The van der Waals surface area contributed by atoms with Gasteiger partial charge in [0.05, 0.1) is 24.2 Å². The molecule has 1 heterocycles. The molecule has 0 saturated heterocycles. The van der Waals surface area contributed by atoms with Gasteiger partial charge in [-0.05, 0) is 18.1 Å². The number of imidazole rings is 1. The minimum absolute atomic E-state index is 0. The van der Waals surface area contributed by atoms with Gasteiger partial charge in [0.1, 0.15) is 0 Å².